The van der Waals surface area contributed by atoms with Gasteiger partial charge in [0.25, 0.3) is 0 Å². The lowest BCUT2D eigenvalue weighted by Gasteiger charge is -2.09. The maximum absolute atomic E-state index is 11.9. The van der Waals surface area contributed by atoms with E-state index in [9.17, 15) is 14.7 Å². The van der Waals surface area contributed by atoms with Crippen molar-refractivity contribution in [3.05, 3.63) is 78.0 Å². The van der Waals surface area contributed by atoms with E-state index in [0.717, 1.165) is 5.56 Å². The second kappa shape index (κ2) is 8.01. The molecule has 4 N–H and O–H groups in total. The fourth-order valence-electron chi connectivity index (χ4n) is 2.48. The van der Waals surface area contributed by atoms with Crippen molar-refractivity contribution in [2.45, 2.75) is 6.61 Å². The number of carboxylic acids is 1. The number of nitrogens with zero attached hydrogens (tertiary/aromatic N) is 1. The highest BCUT2D eigenvalue weighted by molar-refractivity contribution is 5.94. The fourth-order valence-corrected chi connectivity index (χ4v) is 2.48. The van der Waals surface area contributed by atoms with Crippen molar-refractivity contribution < 1.29 is 19.4 Å². The molecule has 7 heteroatoms. The number of benzene rings is 2. The molecule has 0 fully saturated rings. The first-order valence-corrected chi connectivity index (χ1v) is 8.11. The molecule has 7 nitrogen and oxygen atoms in total. The Balaban J connectivity index is 1.67. The number of carboxylic acid groups (broad SMARTS) is 1. The second-order valence-electron chi connectivity index (χ2n) is 5.70. The van der Waals surface area contributed by atoms with E-state index >= 15 is 0 Å². The summed E-state index contributed by atoms with van der Waals surface area (Å²) in [5, 5.41) is 11.9. The molecule has 0 saturated heterocycles. The minimum atomic E-state index is -1.16. The van der Waals surface area contributed by atoms with Gasteiger partial charge in [-0.15, -0.1) is 0 Å². The van der Waals surface area contributed by atoms with Crippen LogP contribution in [-0.4, -0.2) is 22.2 Å². The number of carbonyl (C=O) groups is 2. The lowest BCUT2D eigenvalue weighted by Crippen LogP contribution is -2.13. The van der Waals surface area contributed by atoms with Gasteiger partial charge in [-0.1, -0.05) is 42.5 Å². The predicted molar refractivity (Wildman–Crippen MR) is 101 cm³/mol. The molecule has 1 heterocycles. The first kappa shape index (κ1) is 17.9. The summed E-state index contributed by atoms with van der Waals surface area (Å²) in [5.74, 6) is -1.03. The topological polar surface area (TPSA) is 115 Å². The Hall–Kier alpha value is -3.87. The number of pyridine rings is 1. The molecule has 0 atom stereocenters. The summed E-state index contributed by atoms with van der Waals surface area (Å²) in [6.45, 7) is 0.170. The SMILES string of the molecule is Nc1ccc(-c2ccc(NC(=O)OCc3ccccc3)cc2)c(C(=O)O)n1. The molecule has 3 aromatic rings. The van der Waals surface area contributed by atoms with Gasteiger partial charge >= 0.3 is 12.1 Å². The van der Waals surface area contributed by atoms with Crippen LogP contribution in [0, 0.1) is 0 Å². The molecule has 0 unspecified atom stereocenters. The second-order valence-corrected chi connectivity index (χ2v) is 5.70. The molecule has 2 aromatic carbocycles. The summed E-state index contributed by atoms with van der Waals surface area (Å²) in [7, 11) is 0. The molecule has 0 aliphatic rings. The van der Waals surface area contributed by atoms with Gasteiger partial charge in [-0.2, -0.15) is 0 Å². The van der Waals surface area contributed by atoms with E-state index < -0.39 is 12.1 Å². The van der Waals surface area contributed by atoms with Crippen molar-refractivity contribution in [1.29, 1.82) is 0 Å². The van der Waals surface area contributed by atoms with Crippen LogP contribution in [-0.2, 0) is 11.3 Å². The number of nitrogen functional groups attached to an aromatic ring is 1. The maximum atomic E-state index is 11.9. The number of aromatic nitrogens is 1. The number of anilines is 2. The molecule has 136 valence electrons. The van der Waals surface area contributed by atoms with Crippen LogP contribution in [0.1, 0.15) is 16.1 Å². The van der Waals surface area contributed by atoms with E-state index in [1.807, 2.05) is 30.3 Å². The number of rotatable bonds is 5. The number of nitrogens with one attached hydrogen (secondary N) is 1. The van der Waals surface area contributed by atoms with Gasteiger partial charge < -0.3 is 15.6 Å². The molecule has 0 aliphatic heterocycles. The van der Waals surface area contributed by atoms with Crippen LogP contribution in [0.3, 0.4) is 0 Å². The van der Waals surface area contributed by atoms with Gasteiger partial charge in [0.1, 0.15) is 12.4 Å². The molecule has 0 spiro atoms. The first-order chi connectivity index (χ1) is 13.0. The van der Waals surface area contributed by atoms with Gasteiger partial charge in [-0.25, -0.2) is 14.6 Å². The first-order valence-electron chi connectivity index (χ1n) is 8.11. The Morgan fingerprint density at radius 1 is 1.00 bits per heavy atom. The maximum Gasteiger partial charge on any atom is 0.411 e. The summed E-state index contributed by atoms with van der Waals surface area (Å²) in [6, 6.07) is 19.2. The van der Waals surface area contributed by atoms with E-state index in [1.54, 1.807) is 30.3 Å². The molecule has 0 saturated carbocycles. The number of ether oxygens (including phenoxy) is 1. The Kier molecular flexibility index (Phi) is 5.32. The van der Waals surface area contributed by atoms with Crippen molar-refractivity contribution in [2.75, 3.05) is 11.1 Å². The zero-order chi connectivity index (χ0) is 19.2. The third kappa shape index (κ3) is 4.60. The lowest BCUT2D eigenvalue weighted by molar-refractivity contribution is 0.0691. The minimum absolute atomic E-state index is 0.127. The number of aromatic carboxylic acids is 1. The van der Waals surface area contributed by atoms with Crippen LogP contribution >= 0.6 is 0 Å². The van der Waals surface area contributed by atoms with Crippen LogP contribution in [0.2, 0.25) is 0 Å². The molecule has 3 rings (SSSR count). The van der Waals surface area contributed by atoms with Crippen molar-refractivity contribution in [3.63, 3.8) is 0 Å². The number of nitrogens with two attached hydrogens (primary N) is 1. The monoisotopic (exact) mass is 363 g/mol. The zero-order valence-electron chi connectivity index (χ0n) is 14.3. The molecule has 0 radical (unpaired) electrons. The number of hydrogen-bond donors (Lipinski definition) is 3. The number of hydrogen-bond acceptors (Lipinski definition) is 5. The normalized spacial score (nSPS) is 10.2. The van der Waals surface area contributed by atoms with Gasteiger partial charge in [0.15, 0.2) is 5.69 Å². The van der Waals surface area contributed by atoms with Crippen LogP contribution in [0.4, 0.5) is 16.3 Å². The average Bonchev–Trinajstić information content (AvgIpc) is 2.68. The van der Waals surface area contributed by atoms with Crippen LogP contribution in [0.5, 0.6) is 0 Å². The largest absolute Gasteiger partial charge is 0.476 e. The van der Waals surface area contributed by atoms with Gasteiger partial charge in [-0.3, -0.25) is 5.32 Å². The highest BCUT2D eigenvalue weighted by Gasteiger charge is 2.14. The summed E-state index contributed by atoms with van der Waals surface area (Å²) >= 11 is 0. The number of carbonyl (C=O) groups excluding carboxylic acids is 1. The third-order valence-electron chi connectivity index (χ3n) is 3.77. The van der Waals surface area contributed by atoms with Crippen LogP contribution in [0.25, 0.3) is 11.1 Å². The van der Waals surface area contributed by atoms with E-state index in [1.165, 1.54) is 6.07 Å². The molecule has 1 aromatic heterocycles. The Morgan fingerprint density at radius 2 is 1.70 bits per heavy atom. The zero-order valence-corrected chi connectivity index (χ0v) is 14.3. The van der Waals surface area contributed by atoms with Gasteiger partial charge in [0, 0.05) is 11.3 Å². The summed E-state index contributed by atoms with van der Waals surface area (Å²) in [6.07, 6.45) is -0.577. The summed E-state index contributed by atoms with van der Waals surface area (Å²) in [5.41, 5.74) is 7.93. The lowest BCUT2D eigenvalue weighted by atomic mass is 10.0. The van der Waals surface area contributed by atoms with E-state index in [0.29, 0.717) is 16.8 Å². The van der Waals surface area contributed by atoms with Crippen LogP contribution < -0.4 is 11.1 Å². The Bertz CT molecular complexity index is 957. The van der Waals surface area contributed by atoms with Crippen LogP contribution in [0.15, 0.2) is 66.7 Å². The molecular formula is C20H17N3O4. The van der Waals surface area contributed by atoms with E-state index in [4.69, 9.17) is 10.5 Å². The standard InChI is InChI=1S/C20H17N3O4/c21-17-11-10-16(18(23-17)19(24)25)14-6-8-15(9-7-14)22-20(26)27-12-13-4-2-1-3-5-13/h1-11H,12H2,(H2,21,23)(H,22,26)(H,24,25). The van der Waals surface area contributed by atoms with Gasteiger partial charge in [-0.05, 0) is 35.4 Å². The Labute approximate surface area is 155 Å². The quantitative estimate of drug-likeness (QED) is 0.635. The molecule has 1 amide bonds. The summed E-state index contributed by atoms with van der Waals surface area (Å²) < 4.78 is 5.16. The van der Waals surface area contributed by atoms with Crippen molar-refractivity contribution in [1.82, 2.24) is 4.98 Å². The van der Waals surface area contributed by atoms with E-state index in [2.05, 4.69) is 10.3 Å². The average molecular weight is 363 g/mol. The summed E-state index contributed by atoms with van der Waals surface area (Å²) in [4.78, 5) is 27.1. The minimum Gasteiger partial charge on any atom is -0.476 e. The van der Waals surface area contributed by atoms with Crippen molar-refractivity contribution >= 4 is 23.6 Å². The third-order valence-corrected chi connectivity index (χ3v) is 3.77. The highest BCUT2D eigenvalue weighted by Crippen LogP contribution is 2.25. The fraction of sp³-hybridized carbons (Fsp3) is 0.0500. The Morgan fingerprint density at radius 3 is 2.37 bits per heavy atom. The predicted octanol–water partition coefficient (Wildman–Crippen LogP) is 3.78. The molecular weight excluding hydrogens is 346 g/mol. The van der Waals surface area contributed by atoms with Gasteiger partial charge in [0.2, 0.25) is 0 Å². The van der Waals surface area contributed by atoms with Crippen molar-refractivity contribution in [2.24, 2.45) is 0 Å². The highest BCUT2D eigenvalue weighted by atomic mass is 16.5. The number of amides is 1. The van der Waals surface area contributed by atoms with E-state index in [-0.39, 0.29) is 18.1 Å². The van der Waals surface area contributed by atoms with Gasteiger partial charge in [0.05, 0.1) is 0 Å². The molecule has 27 heavy (non-hydrogen) atoms. The smallest absolute Gasteiger partial charge is 0.411 e. The van der Waals surface area contributed by atoms with Crippen molar-refractivity contribution in [3.8, 4) is 11.1 Å². The molecule has 0 aliphatic carbocycles. The molecule has 0 bridgehead atoms.